The lowest BCUT2D eigenvalue weighted by molar-refractivity contribution is 0.116. The third-order valence-corrected chi connectivity index (χ3v) is 5.00. The second-order valence-electron chi connectivity index (χ2n) is 6.38. The molecule has 0 unspecified atom stereocenters. The van der Waals surface area contributed by atoms with E-state index in [1.807, 2.05) is 0 Å². The van der Waals surface area contributed by atoms with E-state index in [1.54, 1.807) is 0 Å². The molecule has 0 amide bonds. The molecule has 0 bridgehead atoms. The standard InChI is InChI=1S/C7H14N2.C6H12N2/c1-3-8-4-2-7(1)5-9-6-7;1-2-7-3-6(1)4-8-5-6/h8-9H,1-6H2;7-8H,1-5H2. The quantitative estimate of drug-likeness (QED) is 0.461. The van der Waals surface area contributed by atoms with Crippen molar-refractivity contribution in [3.8, 4) is 0 Å². The fourth-order valence-corrected chi connectivity index (χ4v) is 3.37. The van der Waals surface area contributed by atoms with Gasteiger partial charge in [-0.2, -0.15) is 0 Å². The second kappa shape index (κ2) is 4.84. The summed E-state index contributed by atoms with van der Waals surface area (Å²) in [7, 11) is 0. The molecule has 4 aliphatic rings. The molecule has 4 aliphatic heterocycles. The Morgan fingerprint density at radius 1 is 0.471 bits per heavy atom. The van der Waals surface area contributed by atoms with Crippen LogP contribution in [0.5, 0.6) is 0 Å². The van der Waals surface area contributed by atoms with E-state index in [4.69, 9.17) is 0 Å². The highest BCUT2D eigenvalue weighted by Crippen LogP contribution is 2.32. The molecule has 4 rings (SSSR count). The summed E-state index contributed by atoms with van der Waals surface area (Å²) in [5, 5.41) is 13.4. The topological polar surface area (TPSA) is 48.1 Å². The summed E-state index contributed by atoms with van der Waals surface area (Å²) < 4.78 is 0. The van der Waals surface area contributed by atoms with Crippen molar-refractivity contribution in [1.82, 2.24) is 21.3 Å². The average Bonchev–Trinajstić information content (AvgIpc) is 2.78. The van der Waals surface area contributed by atoms with Crippen LogP contribution in [-0.2, 0) is 0 Å². The highest BCUT2D eigenvalue weighted by molar-refractivity contribution is 4.97. The first-order chi connectivity index (χ1) is 8.33. The molecule has 0 atom stereocenters. The van der Waals surface area contributed by atoms with Gasteiger partial charge < -0.3 is 21.3 Å². The maximum Gasteiger partial charge on any atom is 0.00892 e. The molecule has 0 aliphatic carbocycles. The van der Waals surface area contributed by atoms with Gasteiger partial charge in [0.2, 0.25) is 0 Å². The van der Waals surface area contributed by atoms with Gasteiger partial charge in [0.05, 0.1) is 0 Å². The normalized spacial score (nSPS) is 32.5. The highest BCUT2D eigenvalue weighted by atomic mass is 15.1. The molecular formula is C13H26N4. The first-order valence-corrected chi connectivity index (χ1v) is 7.16. The molecule has 0 radical (unpaired) electrons. The summed E-state index contributed by atoms with van der Waals surface area (Å²) in [6.45, 7) is 10.0. The molecule has 17 heavy (non-hydrogen) atoms. The smallest absolute Gasteiger partial charge is 0.00892 e. The Bertz CT molecular complexity index is 242. The van der Waals surface area contributed by atoms with Crippen molar-refractivity contribution in [3.63, 3.8) is 0 Å². The lowest BCUT2D eigenvalue weighted by Crippen LogP contribution is -2.57. The van der Waals surface area contributed by atoms with Gasteiger partial charge in [0.15, 0.2) is 0 Å². The van der Waals surface area contributed by atoms with Crippen molar-refractivity contribution in [2.75, 3.05) is 52.4 Å². The molecule has 4 heteroatoms. The Morgan fingerprint density at radius 2 is 0.941 bits per heavy atom. The molecule has 4 fully saturated rings. The Hall–Kier alpha value is -0.160. The predicted molar refractivity (Wildman–Crippen MR) is 70.2 cm³/mol. The maximum atomic E-state index is 3.38. The van der Waals surface area contributed by atoms with Crippen LogP contribution in [0.3, 0.4) is 0 Å². The zero-order chi connectivity index (χ0) is 11.6. The molecule has 4 saturated heterocycles. The van der Waals surface area contributed by atoms with Crippen molar-refractivity contribution in [2.45, 2.75) is 19.3 Å². The largest absolute Gasteiger partial charge is 0.317 e. The minimum Gasteiger partial charge on any atom is -0.317 e. The van der Waals surface area contributed by atoms with Crippen molar-refractivity contribution in [1.29, 1.82) is 0 Å². The van der Waals surface area contributed by atoms with E-state index < -0.39 is 0 Å². The Balaban J connectivity index is 0.000000107. The lowest BCUT2D eigenvalue weighted by Gasteiger charge is -2.45. The van der Waals surface area contributed by atoms with Crippen LogP contribution in [0.1, 0.15) is 19.3 Å². The minimum absolute atomic E-state index is 0.694. The van der Waals surface area contributed by atoms with E-state index >= 15 is 0 Å². The fourth-order valence-electron chi connectivity index (χ4n) is 3.37. The van der Waals surface area contributed by atoms with Crippen LogP contribution >= 0.6 is 0 Å². The predicted octanol–water partition coefficient (Wildman–Crippen LogP) is -0.471. The monoisotopic (exact) mass is 238 g/mol. The van der Waals surface area contributed by atoms with E-state index in [2.05, 4.69) is 21.3 Å². The fraction of sp³-hybridized carbons (Fsp3) is 1.00. The molecule has 0 aromatic carbocycles. The minimum atomic E-state index is 0.694. The summed E-state index contributed by atoms with van der Waals surface area (Å²) in [5.74, 6) is 0. The molecule has 4 heterocycles. The first-order valence-electron chi connectivity index (χ1n) is 7.16. The van der Waals surface area contributed by atoms with E-state index in [-0.39, 0.29) is 0 Å². The van der Waals surface area contributed by atoms with Crippen molar-refractivity contribution >= 4 is 0 Å². The summed E-state index contributed by atoms with van der Waals surface area (Å²) >= 11 is 0. The Kier molecular flexibility index (Phi) is 3.39. The van der Waals surface area contributed by atoms with Gasteiger partial charge in [-0.3, -0.25) is 0 Å². The van der Waals surface area contributed by atoms with Crippen LogP contribution in [0.15, 0.2) is 0 Å². The number of rotatable bonds is 0. The molecule has 0 saturated carbocycles. The molecule has 0 aromatic rings. The van der Waals surface area contributed by atoms with Crippen LogP contribution in [0.4, 0.5) is 0 Å². The van der Waals surface area contributed by atoms with E-state index in [9.17, 15) is 0 Å². The van der Waals surface area contributed by atoms with Gasteiger partial charge in [-0.25, -0.2) is 0 Å². The second-order valence-corrected chi connectivity index (χ2v) is 6.38. The summed E-state index contributed by atoms with van der Waals surface area (Å²) in [6, 6.07) is 0. The zero-order valence-electron chi connectivity index (χ0n) is 10.8. The van der Waals surface area contributed by atoms with Crippen molar-refractivity contribution < 1.29 is 0 Å². The van der Waals surface area contributed by atoms with Gasteiger partial charge in [-0.1, -0.05) is 0 Å². The van der Waals surface area contributed by atoms with Crippen LogP contribution in [0.25, 0.3) is 0 Å². The van der Waals surface area contributed by atoms with Gasteiger partial charge in [-0.05, 0) is 44.3 Å². The molecule has 98 valence electrons. The van der Waals surface area contributed by atoms with E-state index in [0.29, 0.717) is 5.41 Å². The molecule has 4 nitrogen and oxygen atoms in total. The molecule has 4 N–H and O–H groups in total. The van der Waals surface area contributed by atoms with Crippen LogP contribution in [-0.4, -0.2) is 52.4 Å². The maximum absolute atomic E-state index is 3.38. The first kappa shape index (κ1) is 11.9. The summed E-state index contributed by atoms with van der Waals surface area (Å²) in [4.78, 5) is 0. The number of hydrogen-bond acceptors (Lipinski definition) is 4. The van der Waals surface area contributed by atoms with E-state index in [1.165, 1.54) is 71.6 Å². The third-order valence-electron chi connectivity index (χ3n) is 5.00. The zero-order valence-corrected chi connectivity index (χ0v) is 10.8. The van der Waals surface area contributed by atoms with Crippen LogP contribution < -0.4 is 21.3 Å². The Labute approximate surface area is 104 Å². The molecule has 2 spiro atoms. The lowest BCUT2D eigenvalue weighted by atomic mass is 9.74. The SMILES string of the molecule is C1CC2(CCN1)CNC2.C1CC2(CN1)CNC2. The number of nitrogens with one attached hydrogen (secondary N) is 4. The van der Waals surface area contributed by atoms with Gasteiger partial charge in [0.25, 0.3) is 0 Å². The van der Waals surface area contributed by atoms with Crippen molar-refractivity contribution in [2.24, 2.45) is 10.8 Å². The average molecular weight is 238 g/mol. The molecule has 0 aromatic heterocycles. The summed E-state index contributed by atoms with van der Waals surface area (Å²) in [5.41, 5.74) is 1.42. The van der Waals surface area contributed by atoms with Gasteiger partial charge >= 0.3 is 0 Å². The Morgan fingerprint density at radius 3 is 1.24 bits per heavy atom. The van der Waals surface area contributed by atoms with Crippen LogP contribution in [0, 0.1) is 10.8 Å². The highest BCUT2D eigenvalue weighted by Gasteiger charge is 2.39. The van der Waals surface area contributed by atoms with Crippen molar-refractivity contribution in [3.05, 3.63) is 0 Å². The van der Waals surface area contributed by atoms with Gasteiger partial charge in [0, 0.05) is 38.1 Å². The van der Waals surface area contributed by atoms with Crippen LogP contribution in [0.2, 0.25) is 0 Å². The van der Waals surface area contributed by atoms with Gasteiger partial charge in [0.1, 0.15) is 0 Å². The molecular weight excluding hydrogens is 212 g/mol. The number of hydrogen-bond donors (Lipinski definition) is 4. The van der Waals surface area contributed by atoms with E-state index in [0.717, 1.165) is 5.41 Å². The summed E-state index contributed by atoms with van der Waals surface area (Å²) in [6.07, 6.45) is 4.17. The third kappa shape index (κ3) is 2.50. The van der Waals surface area contributed by atoms with Gasteiger partial charge in [-0.15, -0.1) is 0 Å². The number of piperidine rings is 1.